The smallest absolute Gasteiger partial charge is 0.326 e. The molecule has 0 saturated heterocycles. The van der Waals surface area contributed by atoms with E-state index in [1.165, 1.54) is 0 Å². The van der Waals surface area contributed by atoms with Crippen LogP contribution in [0.4, 0.5) is 0 Å². The molecule has 0 aromatic rings. The Balaban J connectivity index is 4.80. The number of carboxylic acid groups (broad SMARTS) is 1. The minimum absolute atomic E-state index is 0.0746. The third kappa shape index (κ3) is 10.5. The number of carbonyl (C=O) groups excluding carboxylic acids is 3. The van der Waals surface area contributed by atoms with Crippen LogP contribution in [0.15, 0.2) is 4.99 Å². The fourth-order valence-corrected chi connectivity index (χ4v) is 1.84. The van der Waals surface area contributed by atoms with Gasteiger partial charge in [-0.05, 0) is 19.3 Å². The fraction of sp³-hybridized carbons (Fsp3) is 0.615. The fourth-order valence-electron chi connectivity index (χ4n) is 1.84. The molecular formula is C13H25N7O5. The number of aliphatic imine (C=N–C) groups is 1. The zero-order valence-corrected chi connectivity index (χ0v) is 13.7. The van der Waals surface area contributed by atoms with E-state index < -0.39 is 35.8 Å². The van der Waals surface area contributed by atoms with Crippen molar-refractivity contribution in [1.29, 1.82) is 0 Å². The number of nitrogens with two attached hydrogens (primary N) is 4. The molecule has 0 aliphatic heterocycles. The Bertz CT molecular complexity index is 519. The lowest BCUT2D eigenvalue weighted by Crippen LogP contribution is -2.52. The van der Waals surface area contributed by atoms with Gasteiger partial charge < -0.3 is 38.7 Å². The van der Waals surface area contributed by atoms with Crippen LogP contribution >= 0.6 is 0 Å². The molecule has 3 amide bonds. The maximum atomic E-state index is 12.2. The summed E-state index contributed by atoms with van der Waals surface area (Å²) in [5.74, 6) is -3.41. The Morgan fingerprint density at radius 3 is 2.12 bits per heavy atom. The monoisotopic (exact) mass is 359 g/mol. The van der Waals surface area contributed by atoms with Gasteiger partial charge in [-0.15, -0.1) is 0 Å². The molecule has 0 fully saturated rings. The number of nitrogens with zero attached hydrogens (tertiary/aromatic N) is 1. The van der Waals surface area contributed by atoms with Gasteiger partial charge in [-0.2, -0.15) is 0 Å². The van der Waals surface area contributed by atoms with Crippen molar-refractivity contribution in [2.24, 2.45) is 27.9 Å². The molecule has 0 aliphatic rings. The number of aliphatic carboxylic acids is 1. The highest BCUT2D eigenvalue weighted by atomic mass is 16.4. The first kappa shape index (κ1) is 22.1. The highest BCUT2D eigenvalue weighted by Gasteiger charge is 2.26. The third-order valence-corrected chi connectivity index (χ3v) is 3.08. The number of carbonyl (C=O) groups is 4. The molecule has 0 aromatic heterocycles. The molecule has 0 aromatic carbocycles. The second kappa shape index (κ2) is 11.6. The van der Waals surface area contributed by atoms with Gasteiger partial charge in [0, 0.05) is 13.0 Å². The predicted octanol–water partition coefficient (Wildman–Crippen LogP) is -3.68. The number of hydrogen-bond acceptors (Lipinski definition) is 6. The Labute approximate surface area is 144 Å². The van der Waals surface area contributed by atoms with Crippen molar-refractivity contribution in [2.45, 2.75) is 37.8 Å². The molecule has 0 radical (unpaired) electrons. The van der Waals surface area contributed by atoms with Crippen LogP contribution in [-0.2, 0) is 19.2 Å². The Morgan fingerprint density at radius 2 is 1.64 bits per heavy atom. The summed E-state index contributed by atoms with van der Waals surface area (Å²) < 4.78 is 0. The third-order valence-electron chi connectivity index (χ3n) is 3.08. The first-order valence-corrected chi connectivity index (χ1v) is 7.53. The van der Waals surface area contributed by atoms with Crippen molar-refractivity contribution < 1.29 is 24.3 Å². The van der Waals surface area contributed by atoms with Gasteiger partial charge in [0.05, 0.1) is 6.54 Å². The van der Waals surface area contributed by atoms with Crippen LogP contribution in [0.5, 0.6) is 0 Å². The lowest BCUT2D eigenvalue weighted by molar-refractivity contribution is -0.142. The lowest BCUT2D eigenvalue weighted by Gasteiger charge is -2.21. The molecule has 11 N–H and O–H groups in total. The zero-order chi connectivity index (χ0) is 19.4. The molecule has 2 unspecified atom stereocenters. The van der Waals surface area contributed by atoms with Gasteiger partial charge in [-0.25, -0.2) is 4.79 Å². The molecular weight excluding hydrogens is 334 g/mol. The number of guanidine groups is 1. The van der Waals surface area contributed by atoms with E-state index in [-0.39, 0.29) is 38.3 Å². The van der Waals surface area contributed by atoms with Gasteiger partial charge in [0.25, 0.3) is 0 Å². The number of nitrogens with one attached hydrogen (secondary N) is 2. The molecule has 12 nitrogen and oxygen atoms in total. The Morgan fingerprint density at radius 1 is 1.00 bits per heavy atom. The van der Waals surface area contributed by atoms with Crippen molar-refractivity contribution in [2.75, 3.05) is 13.1 Å². The molecule has 142 valence electrons. The quantitative estimate of drug-likeness (QED) is 0.104. The maximum absolute atomic E-state index is 12.2. The summed E-state index contributed by atoms with van der Waals surface area (Å²) in [5, 5.41) is 13.8. The van der Waals surface area contributed by atoms with Crippen molar-refractivity contribution in [3.8, 4) is 0 Å². The van der Waals surface area contributed by atoms with E-state index >= 15 is 0 Å². The first-order valence-electron chi connectivity index (χ1n) is 7.53. The second-order valence-corrected chi connectivity index (χ2v) is 5.18. The van der Waals surface area contributed by atoms with Crippen LogP contribution < -0.4 is 33.6 Å². The van der Waals surface area contributed by atoms with Gasteiger partial charge in [-0.1, -0.05) is 0 Å². The normalized spacial score (nSPS) is 12.5. The second-order valence-electron chi connectivity index (χ2n) is 5.18. The standard InChI is InChI=1S/C13H25N7O5/c14-6-10(22)19-7(3-4-9(15)21)11(23)20-8(12(24)25)2-1-5-18-13(16)17/h7-8H,1-6,14H2,(H2,15,21)(H,19,22)(H,20,23)(H,24,25)(H4,16,17,18). The van der Waals surface area contributed by atoms with Gasteiger partial charge >= 0.3 is 5.97 Å². The van der Waals surface area contributed by atoms with Crippen molar-refractivity contribution in [3.05, 3.63) is 0 Å². The number of rotatable bonds is 12. The largest absolute Gasteiger partial charge is 0.480 e. The van der Waals surface area contributed by atoms with Crippen LogP contribution in [0.25, 0.3) is 0 Å². The Kier molecular flexibility index (Phi) is 10.3. The van der Waals surface area contributed by atoms with Crippen molar-refractivity contribution in [3.63, 3.8) is 0 Å². The minimum atomic E-state index is -1.25. The van der Waals surface area contributed by atoms with E-state index in [1.807, 2.05) is 0 Å². The summed E-state index contributed by atoms with van der Waals surface area (Å²) in [6, 6.07) is -2.32. The molecule has 2 atom stereocenters. The molecule has 0 spiro atoms. The van der Waals surface area contributed by atoms with Crippen LogP contribution in [0.3, 0.4) is 0 Å². The molecule has 0 saturated carbocycles. The highest BCUT2D eigenvalue weighted by molar-refractivity contribution is 5.91. The minimum Gasteiger partial charge on any atom is -0.480 e. The van der Waals surface area contributed by atoms with E-state index in [4.69, 9.17) is 22.9 Å². The molecule has 25 heavy (non-hydrogen) atoms. The van der Waals surface area contributed by atoms with Gasteiger partial charge in [0.1, 0.15) is 12.1 Å². The van der Waals surface area contributed by atoms with Crippen LogP contribution in [-0.4, -0.2) is 59.9 Å². The van der Waals surface area contributed by atoms with Crippen LogP contribution in [0.2, 0.25) is 0 Å². The molecule has 0 heterocycles. The predicted molar refractivity (Wildman–Crippen MR) is 88.9 cm³/mol. The van der Waals surface area contributed by atoms with E-state index in [2.05, 4.69) is 15.6 Å². The van der Waals surface area contributed by atoms with Crippen LogP contribution in [0.1, 0.15) is 25.7 Å². The zero-order valence-electron chi connectivity index (χ0n) is 13.7. The van der Waals surface area contributed by atoms with E-state index in [0.29, 0.717) is 6.42 Å². The summed E-state index contributed by atoms with van der Waals surface area (Å²) in [4.78, 5) is 49.4. The van der Waals surface area contributed by atoms with E-state index in [9.17, 15) is 24.3 Å². The van der Waals surface area contributed by atoms with Crippen LogP contribution in [0, 0.1) is 0 Å². The molecule has 0 aliphatic carbocycles. The molecule has 0 bridgehead atoms. The lowest BCUT2D eigenvalue weighted by atomic mass is 10.1. The topological polar surface area (TPSA) is 229 Å². The SMILES string of the molecule is NCC(=O)NC(CCC(N)=O)C(=O)NC(CCCN=C(N)N)C(=O)O. The van der Waals surface area contributed by atoms with Crippen molar-refractivity contribution >= 4 is 29.7 Å². The highest BCUT2D eigenvalue weighted by Crippen LogP contribution is 2.03. The van der Waals surface area contributed by atoms with Gasteiger partial charge in [-0.3, -0.25) is 19.4 Å². The van der Waals surface area contributed by atoms with Crippen molar-refractivity contribution in [1.82, 2.24) is 10.6 Å². The van der Waals surface area contributed by atoms with Gasteiger partial charge in [0.2, 0.25) is 17.7 Å². The summed E-state index contributed by atoms with van der Waals surface area (Å²) >= 11 is 0. The molecule has 12 heteroatoms. The summed E-state index contributed by atoms with van der Waals surface area (Å²) in [6.45, 7) is -0.155. The number of primary amides is 1. The summed E-state index contributed by atoms with van der Waals surface area (Å²) in [6.07, 6.45) is 0.153. The average Bonchev–Trinajstić information content (AvgIpc) is 2.52. The summed E-state index contributed by atoms with van der Waals surface area (Å²) in [7, 11) is 0. The number of carboxylic acids is 1. The first-order chi connectivity index (χ1) is 11.7. The molecule has 0 rings (SSSR count). The Hall–Kier alpha value is -2.89. The van der Waals surface area contributed by atoms with Gasteiger partial charge in [0.15, 0.2) is 5.96 Å². The van der Waals surface area contributed by atoms with E-state index in [0.717, 1.165) is 0 Å². The number of amides is 3. The van der Waals surface area contributed by atoms with E-state index in [1.54, 1.807) is 0 Å². The maximum Gasteiger partial charge on any atom is 0.326 e. The average molecular weight is 359 g/mol. The summed E-state index contributed by atoms with van der Waals surface area (Å²) in [5.41, 5.74) is 20.5. The number of hydrogen-bond donors (Lipinski definition) is 7.